The van der Waals surface area contributed by atoms with E-state index in [0.717, 1.165) is 49.8 Å². The number of para-hydroxylation sites is 2. The topological polar surface area (TPSA) is 60.9 Å². The molecule has 0 bridgehead atoms. The quantitative estimate of drug-likeness (QED) is 0.786. The molecule has 3 rings (SSSR count). The van der Waals surface area contributed by atoms with Crippen molar-refractivity contribution in [2.45, 2.75) is 0 Å². The first kappa shape index (κ1) is 19.9. The zero-order chi connectivity index (χ0) is 19.9. The van der Waals surface area contributed by atoms with Crippen molar-refractivity contribution in [3.8, 4) is 5.75 Å². The van der Waals surface area contributed by atoms with Gasteiger partial charge in [0.15, 0.2) is 0 Å². The third-order valence-electron chi connectivity index (χ3n) is 4.90. The lowest BCUT2D eigenvalue weighted by atomic mass is 10.2. The SMILES string of the molecule is COc1ccccc1N1CCN(c2cncc(C(=O)NCCN(C)C)c2)CC1. The number of anilines is 2. The maximum Gasteiger partial charge on any atom is 0.252 e. The molecule has 1 aliphatic heterocycles. The fourth-order valence-electron chi connectivity index (χ4n) is 3.32. The largest absolute Gasteiger partial charge is 0.495 e. The van der Waals surface area contributed by atoms with Crippen LogP contribution in [0, 0.1) is 0 Å². The standard InChI is InChI=1S/C21H29N5O2/c1-24(2)9-8-23-21(27)17-14-18(16-22-15-17)25-10-12-26(13-11-25)19-6-4-5-7-20(19)28-3/h4-7,14-16H,8-13H2,1-3H3,(H,23,27). The monoisotopic (exact) mass is 383 g/mol. The molecule has 7 heteroatoms. The number of carbonyl (C=O) groups excluding carboxylic acids is 1. The van der Waals surface area contributed by atoms with E-state index in [1.165, 1.54) is 0 Å². The van der Waals surface area contributed by atoms with Gasteiger partial charge in [-0.2, -0.15) is 0 Å². The highest BCUT2D eigenvalue weighted by molar-refractivity contribution is 5.94. The van der Waals surface area contributed by atoms with Crippen LogP contribution in [0.4, 0.5) is 11.4 Å². The first-order valence-corrected chi connectivity index (χ1v) is 9.59. The summed E-state index contributed by atoms with van der Waals surface area (Å²) in [5.74, 6) is 0.817. The average Bonchev–Trinajstić information content (AvgIpc) is 2.73. The molecule has 1 N–H and O–H groups in total. The Morgan fingerprint density at radius 3 is 2.57 bits per heavy atom. The van der Waals surface area contributed by atoms with Crippen molar-refractivity contribution in [1.29, 1.82) is 0 Å². The second-order valence-corrected chi connectivity index (χ2v) is 7.14. The number of hydrogen-bond acceptors (Lipinski definition) is 6. The molecule has 1 aliphatic rings. The zero-order valence-corrected chi connectivity index (χ0v) is 16.9. The van der Waals surface area contributed by atoms with Crippen molar-refractivity contribution in [2.75, 3.05) is 70.3 Å². The van der Waals surface area contributed by atoms with Crippen LogP contribution >= 0.6 is 0 Å². The van der Waals surface area contributed by atoms with E-state index in [1.54, 1.807) is 13.3 Å². The van der Waals surface area contributed by atoms with Crippen LogP contribution in [0.2, 0.25) is 0 Å². The summed E-state index contributed by atoms with van der Waals surface area (Å²) in [4.78, 5) is 23.3. The minimum atomic E-state index is -0.0798. The Balaban J connectivity index is 1.61. The molecule has 1 saturated heterocycles. The molecule has 0 atom stereocenters. The smallest absolute Gasteiger partial charge is 0.252 e. The van der Waals surface area contributed by atoms with Crippen molar-refractivity contribution in [1.82, 2.24) is 15.2 Å². The molecule has 0 radical (unpaired) electrons. The van der Waals surface area contributed by atoms with E-state index in [1.807, 2.05) is 49.5 Å². The molecule has 7 nitrogen and oxygen atoms in total. The fraction of sp³-hybridized carbons (Fsp3) is 0.429. The van der Waals surface area contributed by atoms with Crippen LogP contribution in [0.1, 0.15) is 10.4 Å². The van der Waals surface area contributed by atoms with Crippen LogP contribution in [0.25, 0.3) is 0 Å². The maximum atomic E-state index is 12.4. The number of benzene rings is 1. The van der Waals surface area contributed by atoms with Crippen molar-refractivity contribution in [2.24, 2.45) is 0 Å². The molecule has 0 spiro atoms. The number of likely N-dealkylation sites (N-methyl/N-ethyl adjacent to an activating group) is 1. The average molecular weight is 383 g/mol. The molecule has 0 saturated carbocycles. The second-order valence-electron chi connectivity index (χ2n) is 7.14. The van der Waals surface area contributed by atoms with Gasteiger partial charge in [-0.05, 0) is 32.3 Å². The molecule has 1 aromatic heterocycles. The highest BCUT2D eigenvalue weighted by Gasteiger charge is 2.20. The van der Waals surface area contributed by atoms with Crippen LogP contribution in [0.15, 0.2) is 42.7 Å². The van der Waals surface area contributed by atoms with Gasteiger partial charge in [-0.3, -0.25) is 9.78 Å². The van der Waals surface area contributed by atoms with Gasteiger partial charge in [0.1, 0.15) is 5.75 Å². The third-order valence-corrected chi connectivity index (χ3v) is 4.90. The van der Waals surface area contributed by atoms with E-state index >= 15 is 0 Å². The molecule has 1 fully saturated rings. The summed E-state index contributed by atoms with van der Waals surface area (Å²) in [7, 11) is 5.67. The minimum absolute atomic E-state index is 0.0798. The van der Waals surface area contributed by atoms with E-state index in [-0.39, 0.29) is 5.91 Å². The van der Waals surface area contributed by atoms with Crippen LogP contribution < -0.4 is 19.9 Å². The van der Waals surface area contributed by atoms with Crippen molar-refractivity contribution in [3.05, 3.63) is 48.3 Å². The number of nitrogens with one attached hydrogen (secondary N) is 1. The summed E-state index contributed by atoms with van der Waals surface area (Å²) in [6, 6.07) is 10.0. The van der Waals surface area contributed by atoms with Crippen molar-refractivity contribution < 1.29 is 9.53 Å². The molecule has 1 amide bonds. The van der Waals surface area contributed by atoms with Crippen LogP contribution in [0.5, 0.6) is 5.75 Å². The summed E-state index contributed by atoms with van der Waals surface area (Å²) in [6.07, 6.45) is 3.45. The first-order chi connectivity index (χ1) is 13.6. The van der Waals surface area contributed by atoms with E-state index in [2.05, 4.69) is 26.2 Å². The molecule has 0 aliphatic carbocycles. The molecule has 2 heterocycles. The van der Waals surface area contributed by atoms with Gasteiger partial charge in [-0.15, -0.1) is 0 Å². The Bertz CT molecular complexity index is 788. The van der Waals surface area contributed by atoms with Gasteiger partial charge in [0.05, 0.1) is 30.2 Å². The molecular formula is C21H29N5O2. The van der Waals surface area contributed by atoms with Gasteiger partial charge >= 0.3 is 0 Å². The van der Waals surface area contributed by atoms with Gasteiger partial charge in [-0.1, -0.05) is 12.1 Å². The predicted octanol–water partition coefficient (Wildman–Crippen LogP) is 1.71. The number of amides is 1. The van der Waals surface area contributed by atoms with Gasteiger partial charge in [0, 0.05) is 45.5 Å². The molecule has 28 heavy (non-hydrogen) atoms. The number of rotatable bonds is 7. The van der Waals surface area contributed by atoms with Crippen LogP contribution in [0.3, 0.4) is 0 Å². The van der Waals surface area contributed by atoms with E-state index < -0.39 is 0 Å². The van der Waals surface area contributed by atoms with Gasteiger partial charge in [0.2, 0.25) is 0 Å². The summed E-state index contributed by atoms with van der Waals surface area (Å²) >= 11 is 0. The van der Waals surface area contributed by atoms with Crippen molar-refractivity contribution in [3.63, 3.8) is 0 Å². The number of hydrogen-bond donors (Lipinski definition) is 1. The number of pyridine rings is 1. The maximum absolute atomic E-state index is 12.4. The lowest BCUT2D eigenvalue weighted by Crippen LogP contribution is -2.46. The highest BCUT2D eigenvalue weighted by atomic mass is 16.5. The first-order valence-electron chi connectivity index (χ1n) is 9.59. The molecule has 1 aromatic carbocycles. The second kappa shape index (κ2) is 9.41. The molecular weight excluding hydrogens is 354 g/mol. The number of piperazine rings is 1. The third kappa shape index (κ3) is 4.92. The number of aromatic nitrogens is 1. The minimum Gasteiger partial charge on any atom is -0.495 e. The van der Waals surface area contributed by atoms with Crippen LogP contribution in [-0.4, -0.2) is 76.3 Å². The summed E-state index contributed by atoms with van der Waals surface area (Å²) in [5.41, 5.74) is 2.71. The Labute approximate surface area is 166 Å². The Hall–Kier alpha value is -2.80. The molecule has 150 valence electrons. The van der Waals surface area contributed by atoms with Gasteiger partial charge < -0.3 is 24.8 Å². The van der Waals surface area contributed by atoms with Crippen LogP contribution in [-0.2, 0) is 0 Å². The molecule has 2 aromatic rings. The predicted molar refractivity (Wildman–Crippen MR) is 113 cm³/mol. The number of methoxy groups -OCH3 is 1. The Morgan fingerprint density at radius 1 is 1.14 bits per heavy atom. The van der Waals surface area contributed by atoms with Gasteiger partial charge in [0.25, 0.3) is 5.91 Å². The number of ether oxygens (including phenoxy) is 1. The van der Waals surface area contributed by atoms with Gasteiger partial charge in [-0.25, -0.2) is 0 Å². The molecule has 0 unspecified atom stereocenters. The van der Waals surface area contributed by atoms with E-state index in [0.29, 0.717) is 12.1 Å². The number of nitrogens with zero attached hydrogens (tertiary/aromatic N) is 4. The fourth-order valence-corrected chi connectivity index (χ4v) is 3.32. The summed E-state index contributed by atoms with van der Waals surface area (Å²) in [5, 5.41) is 2.94. The summed E-state index contributed by atoms with van der Waals surface area (Å²) in [6.45, 7) is 4.94. The Kier molecular flexibility index (Phi) is 6.71. The van der Waals surface area contributed by atoms with Crippen molar-refractivity contribution >= 4 is 17.3 Å². The highest BCUT2D eigenvalue weighted by Crippen LogP contribution is 2.29. The summed E-state index contributed by atoms with van der Waals surface area (Å²) < 4.78 is 5.49. The van der Waals surface area contributed by atoms with E-state index in [9.17, 15) is 4.79 Å². The lowest BCUT2D eigenvalue weighted by molar-refractivity contribution is 0.0950. The normalized spacial score (nSPS) is 14.3. The number of carbonyl (C=O) groups is 1. The van der Waals surface area contributed by atoms with E-state index in [4.69, 9.17) is 4.74 Å². The Morgan fingerprint density at radius 2 is 1.86 bits per heavy atom. The lowest BCUT2D eigenvalue weighted by Gasteiger charge is -2.37. The zero-order valence-electron chi connectivity index (χ0n) is 16.9.